The molecule has 0 heterocycles. The first kappa shape index (κ1) is 11.3. The van der Waals surface area contributed by atoms with E-state index in [0.29, 0.717) is 13.0 Å². The quantitative estimate of drug-likeness (QED) is 0.428. The number of rotatable bonds is 7. The van der Waals surface area contributed by atoms with Crippen molar-refractivity contribution in [1.82, 2.24) is 0 Å². The Hall–Kier alpha value is -0.670. The van der Waals surface area contributed by atoms with E-state index in [1.54, 1.807) is 0 Å². The molecule has 0 amide bonds. The molecule has 70 valence electrons. The van der Waals surface area contributed by atoms with Crippen molar-refractivity contribution in [2.75, 3.05) is 27.3 Å². The second-order valence-corrected chi connectivity index (χ2v) is 2.16. The molecular formula is C7H14N2O3. The van der Waals surface area contributed by atoms with Crippen LogP contribution in [0, 0.1) is 11.3 Å². The van der Waals surface area contributed by atoms with Gasteiger partial charge in [0.2, 0.25) is 0 Å². The summed E-state index contributed by atoms with van der Waals surface area (Å²) in [5.74, 6) is 0. The summed E-state index contributed by atoms with van der Waals surface area (Å²) < 4.78 is 14.4. The topological polar surface area (TPSA) is 77.5 Å². The standard InChI is InChI=1S/C7H14N2O3/c1-10-5-12-6-11-3-2-7(9)4-8/h7H,2-3,5-6,9H2,1H3. The fraction of sp³-hybridized carbons (Fsp3) is 0.857. The lowest BCUT2D eigenvalue weighted by molar-refractivity contribution is -0.120. The Labute approximate surface area is 72.0 Å². The Balaban J connectivity index is 2.96. The van der Waals surface area contributed by atoms with E-state index < -0.39 is 6.04 Å². The van der Waals surface area contributed by atoms with Gasteiger partial charge in [0, 0.05) is 7.11 Å². The van der Waals surface area contributed by atoms with Crippen LogP contribution < -0.4 is 5.73 Å². The number of hydrogen-bond donors (Lipinski definition) is 1. The lowest BCUT2D eigenvalue weighted by atomic mass is 10.3. The number of hydrogen-bond acceptors (Lipinski definition) is 5. The average molecular weight is 174 g/mol. The van der Waals surface area contributed by atoms with Crippen molar-refractivity contribution in [3.63, 3.8) is 0 Å². The lowest BCUT2D eigenvalue weighted by Gasteiger charge is -2.05. The second kappa shape index (κ2) is 8.43. The second-order valence-electron chi connectivity index (χ2n) is 2.16. The molecule has 5 nitrogen and oxygen atoms in total. The van der Waals surface area contributed by atoms with Crippen molar-refractivity contribution in [3.8, 4) is 6.07 Å². The monoisotopic (exact) mass is 174 g/mol. The highest BCUT2D eigenvalue weighted by molar-refractivity contribution is 4.85. The molecule has 0 radical (unpaired) electrons. The molecule has 0 aromatic rings. The summed E-state index contributed by atoms with van der Waals surface area (Å²) in [6.07, 6.45) is 0.521. The van der Waals surface area contributed by atoms with Gasteiger partial charge in [0.15, 0.2) is 0 Å². The van der Waals surface area contributed by atoms with Gasteiger partial charge in [0.1, 0.15) is 13.6 Å². The number of methoxy groups -OCH3 is 1. The molecule has 2 N–H and O–H groups in total. The third-order valence-electron chi connectivity index (χ3n) is 1.11. The van der Waals surface area contributed by atoms with Crippen LogP contribution >= 0.6 is 0 Å². The Bertz CT molecular complexity index is 135. The van der Waals surface area contributed by atoms with Crippen LogP contribution in [0.1, 0.15) is 6.42 Å². The van der Waals surface area contributed by atoms with Crippen molar-refractivity contribution in [1.29, 1.82) is 5.26 Å². The zero-order valence-corrected chi connectivity index (χ0v) is 7.16. The van der Waals surface area contributed by atoms with Crippen LogP contribution in [0.2, 0.25) is 0 Å². The zero-order valence-electron chi connectivity index (χ0n) is 7.16. The van der Waals surface area contributed by atoms with Gasteiger partial charge in [-0.05, 0) is 6.42 Å². The minimum absolute atomic E-state index is 0.173. The van der Waals surface area contributed by atoms with E-state index in [4.69, 9.17) is 20.5 Å². The van der Waals surface area contributed by atoms with Gasteiger partial charge in [-0.1, -0.05) is 0 Å². The molecule has 0 spiro atoms. The Morgan fingerprint density at radius 3 is 2.75 bits per heavy atom. The smallest absolute Gasteiger partial charge is 0.149 e. The predicted octanol–water partition coefficient (Wildman–Crippen LogP) is -0.178. The van der Waals surface area contributed by atoms with E-state index in [1.807, 2.05) is 6.07 Å². The maximum absolute atomic E-state index is 8.29. The van der Waals surface area contributed by atoms with Crippen LogP contribution in [0.3, 0.4) is 0 Å². The first-order valence-electron chi connectivity index (χ1n) is 3.61. The number of nitriles is 1. The molecule has 5 heteroatoms. The van der Waals surface area contributed by atoms with Crippen molar-refractivity contribution >= 4 is 0 Å². The Morgan fingerprint density at radius 1 is 1.42 bits per heavy atom. The fourth-order valence-corrected chi connectivity index (χ4v) is 0.510. The maximum atomic E-state index is 8.29. The fourth-order valence-electron chi connectivity index (χ4n) is 0.510. The summed E-state index contributed by atoms with van der Waals surface area (Å²) in [6, 6.07) is 1.45. The van der Waals surface area contributed by atoms with Gasteiger partial charge in [-0.2, -0.15) is 5.26 Å². The van der Waals surface area contributed by atoms with Crippen LogP contribution in [0.5, 0.6) is 0 Å². The SMILES string of the molecule is COCOCOCCC(N)C#N. The molecule has 12 heavy (non-hydrogen) atoms. The molecule has 0 aliphatic rings. The van der Waals surface area contributed by atoms with Crippen molar-refractivity contribution in [3.05, 3.63) is 0 Å². The summed E-state index contributed by atoms with van der Waals surface area (Å²) in [5, 5.41) is 8.29. The minimum Gasteiger partial charge on any atom is -0.359 e. The molecule has 1 atom stereocenters. The Morgan fingerprint density at radius 2 is 2.17 bits per heavy atom. The summed E-state index contributed by atoms with van der Waals surface area (Å²) in [4.78, 5) is 0. The van der Waals surface area contributed by atoms with Crippen LogP contribution in [0.25, 0.3) is 0 Å². The summed E-state index contributed by atoms with van der Waals surface area (Å²) in [6.45, 7) is 0.814. The highest BCUT2D eigenvalue weighted by Gasteiger charge is 1.98. The van der Waals surface area contributed by atoms with E-state index in [-0.39, 0.29) is 13.6 Å². The summed E-state index contributed by atoms with van der Waals surface area (Å²) in [7, 11) is 1.53. The largest absolute Gasteiger partial charge is 0.359 e. The van der Waals surface area contributed by atoms with Crippen LogP contribution in [0.15, 0.2) is 0 Å². The third kappa shape index (κ3) is 7.44. The van der Waals surface area contributed by atoms with Gasteiger partial charge in [-0.3, -0.25) is 0 Å². The molecular weight excluding hydrogens is 160 g/mol. The zero-order chi connectivity index (χ0) is 9.23. The summed E-state index contributed by atoms with van der Waals surface area (Å²) >= 11 is 0. The van der Waals surface area contributed by atoms with E-state index in [2.05, 4.69) is 4.74 Å². The summed E-state index contributed by atoms with van der Waals surface area (Å²) in [5.41, 5.74) is 5.31. The van der Waals surface area contributed by atoms with Gasteiger partial charge < -0.3 is 19.9 Å². The van der Waals surface area contributed by atoms with E-state index in [1.165, 1.54) is 7.11 Å². The number of nitrogens with two attached hydrogens (primary N) is 1. The molecule has 0 aliphatic heterocycles. The van der Waals surface area contributed by atoms with Crippen LogP contribution in [0.4, 0.5) is 0 Å². The third-order valence-corrected chi connectivity index (χ3v) is 1.11. The first-order valence-corrected chi connectivity index (χ1v) is 3.61. The van der Waals surface area contributed by atoms with Crippen LogP contribution in [-0.2, 0) is 14.2 Å². The molecule has 0 aliphatic carbocycles. The predicted molar refractivity (Wildman–Crippen MR) is 42.0 cm³/mol. The van der Waals surface area contributed by atoms with Crippen molar-refractivity contribution in [2.45, 2.75) is 12.5 Å². The number of ether oxygens (including phenoxy) is 3. The van der Waals surface area contributed by atoms with Gasteiger partial charge in [0.05, 0.1) is 18.7 Å². The molecule has 0 fully saturated rings. The lowest BCUT2D eigenvalue weighted by Crippen LogP contribution is -2.19. The maximum Gasteiger partial charge on any atom is 0.149 e. The van der Waals surface area contributed by atoms with Gasteiger partial charge in [-0.25, -0.2) is 0 Å². The normalized spacial score (nSPS) is 12.4. The molecule has 0 aromatic carbocycles. The van der Waals surface area contributed by atoms with Crippen molar-refractivity contribution in [2.24, 2.45) is 5.73 Å². The molecule has 0 aromatic heterocycles. The highest BCUT2D eigenvalue weighted by atomic mass is 16.7. The highest BCUT2D eigenvalue weighted by Crippen LogP contribution is 1.87. The number of nitrogens with zero attached hydrogens (tertiary/aromatic N) is 1. The average Bonchev–Trinajstić information content (AvgIpc) is 2.10. The minimum atomic E-state index is -0.451. The van der Waals surface area contributed by atoms with Gasteiger partial charge in [0.25, 0.3) is 0 Å². The van der Waals surface area contributed by atoms with E-state index >= 15 is 0 Å². The molecule has 0 rings (SSSR count). The van der Waals surface area contributed by atoms with Gasteiger partial charge in [-0.15, -0.1) is 0 Å². The van der Waals surface area contributed by atoms with Crippen LogP contribution in [-0.4, -0.2) is 33.3 Å². The van der Waals surface area contributed by atoms with E-state index in [0.717, 1.165) is 0 Å². The van der Waals surface area contributed by atoms with E-state index in [9.17, 15) is 0 Å². The van der Waals surface area contributed by atoms with Gasteiger partial charge >= 0.3 is 0 Å². The molecule has 0 saturated heterocycles. The molecule has 1 unspecified atom stereocenters. The molecule has 0 saturated carbocycles. The molecule has 0 bridgehead atoms. The Kier molecular flexibility index (Phi) is 7.96. The van der Waals surface area contributed by atoms with Crippen molar-refractivity contribution < 1.29 is 14.2 Å². The first-order chi connectivity index (χ1) is 5.81.